The van der Waals surface area contributed by atoms with Gasteiger partial charge in [0.15, 0.2) is 5.78 Å². The Morgan fingerprint density at radius 3 is 2.39 bits per heavy atom. The predicted molar refractivity (Wildman–Crippen MR) is 104 cm³/mol. The summed E-state index contributed by atoms with van der Waals surface area (Å²) < 4.78 is 31.7. The highest BCUT2D eigenvalue weighted by atomic mass is 32.2. The molecule has 1 amide bonds. The van der Waals surface area contributed by atoms with Crippen LogP contribution in [0.1, 0.15) is 23.2 Å². The first-order valence-electron chi connectivity index (χ1n) is 9.02. The lowest BCUT2D eigenvalue weighted by Crippen LogP contribution is -2.41. The molecule has 4 nitrogen and oxygen atoms in total. The molecule has 1 aliphatic rings. The number of amides is 1. The lowest BCUT2D eigenvalue weighted by Gasteiger charge is -2.31. The van der Waals surface area contributed by atoms with E-state index in [4.69, 9.17) is 4.74 Å². The van der Waals surface area contributed by atoms with Gasteiger partial charge in [0.05, 0.1) is 12.9 Å². The third-order valence-electron chi connectivity index (χ3n) is 4.84. The molecule has 0 aromatic heterocycles. The molecule has 148 valence electrons. The average molecular weight is 405 g/mol. The number of likely N-dealkylation sites (tertiary alicyclic amines) is 1. The van der Waals surface area contributed by atoms with E-state index in [-0.39, 0.29) is 28.3 Å². The van der Waals surface area contributed by atoms with Crippen molar-refractivity contribution in [3.8, 4) is 5.75 Å². The van der Waals surface area contributed by atoms with E-state index in [1.54, 1.807) is 36.3 Å². The largest absolute Gasteiger partial charge is 0.497 e. The summed E-state index contributed by atoms with van der Waals surface area (Å²) in [7, 11) is 1.58. The van der Waals surface area contributed by atoms with Crippen molar-refractivity contribution in [1.29, 1.82) is 0 Å². The Labute approximate surface area is 166 Å². The van der Waals surface area contributed by atoms with Gasteiger partial charge in [-0.25, -0.2) is 8.78 Å². The second-order valence-corrected chi connectivity index (χ2v) is 7.63. The minimum atomic E-state index is -0.665. The molecule has 0 spiro atoms. The number of piperidine rings is 1. The van der Waals surface area contributed by atoms with Crippen molar-refractivity contribution >= 4 is 23.5 Å². The zero-order valence-corrected chi connectivity index (χ0v) is 16.3. The van der Waals surface area contributed by atoms with Crippen LogP contribution in [0.2, 0.25) is 0 Å². The van der Waals surface area contributed by atoms with E-state index in [1.807, 2.05) is 0 Å². The third kappa shape index (κ3) is 4.90. The summed E-state index contributed by atoms with van der Waals surface area (Å²) in [5.74, 6) is -0.661. The molecular weight excluding hydrogens is 384 g/mol. The summed E-state index contributed by atoms with van der Waals surface area (Å²) in [6.07, 6.45) is 1.21. The van der Waals surface area contributed by atoms with Gasteiger partial charge in [-0.05, 0) is 49.2 Å². The number of hydrogen-bond acceptors (Lipinski definition) is 4. The molecule has 0 unspecified atom stereocenters. The van der Waals surface area contributed by atoms with Gasteiger partial charge >= 0.3 is 0 Å². The van der Waals surface area contributed by atoms with Gasteiger partial charge in [-0.15, -0.1) is 11.8 Å². The van der Waals surface area contributed by atoms with Gasteiger partial charge in [0.2, 0.25) is 5.91 Å². The Kier molecular flexibility index (Phi) is 6.67. The van der Waals surface area contributed by atoms with E-state index in [0.717, 1.165) is 17.8 Å². The van der Waals surface area contributed by atoms with Crippen LogP contribution in [0.25, 0.3) is 0 Å². The predicted octanol–water partition coefficient (Wildman–Crippen LogP) is 4.19. The molecule has 3 rings (SSSR count). The van der Waals surface area contributed by atoms with Gasteiger partial charge < -0.3 is 9.64 Å². The number of rotatable bonds is 6. The summed E-state index contributed by atoms with van der Waals surface area (Å²) in [5.41, 5.74) is 0.646. The minimum absolute atomic E-state index is 0.0810. The van der Waals surface area contributed by atoms with E-state index >= 15 is 0 Å². The summed E-state index contributed by atoms with van der Waals surface area (Å²) in [5, 5.41) is 0. The van der Waals surface area contributed by atoms with E-state index in [0.29, 0.717) is 37.2 Å². The molecular formula is C21H21F2NO3S. The number of ketones is 1. The van der Waals surface area contributed by atoms with Crippen molar-refractivity contribution in [3.05, 3.63) is 59.7 Å². The topological polar surface area (TPSA) is 46.6 Å². The summed E-state index contributed by atoms with van der Waals surface area (Å²) >= 11 is 1.05. The summed E-state index contributed by atoms with van der Waals surface area (Å²) in [6.45, 7) is 0.996. The minimum Gasteiger partial charge on any atom is -0.497 e. The van der Waals surface area contributed by atoms with Crippen LogP contribution in [0.4, 0.5) is 8.78 Å². The maximum atomic E-state index is 13.7. The molecule has 7 heteroatoms. The maximum Gasteiger partial charge on any atom is 0.232 e. The average Bonchev–Trinajstić information content (AvgIpc) is 2.72. The molecule has 1 heterocycles. The number of thioether (sulfide) groups is 1. The Hall–Kier alpha value is -2.41. The van der Waals surface area contributed by atoms with Gasteiger partial charge in [-0.1, -0.05) is 0 Å². The van der Waals surface area contributed by atoms with Crippen LogP contribution in [-0.2, 0) is 4.79 Å². The lowest BCUT2D eigenvalue weighted by atomic mass is 9.89. The van der Waals surface area contributed by atoms with Crippen molar-refractivity contribution < 1.29 is 23.1 Å². The Bertz CT molecular complexity index is 849. The number of carbonyl (C=O) groups excluding carboxylic acids is 2. The van der Waals surface area contributed by atoms with Crippen molar-refractivity contribution in [2.75, 3.05) is 26.0 Å². The molecule has 1 saturated heterocycles. The molecule has 0 atom stereocenters. The number of benzene rings is 2. The van der Waals surface area contributed by atoms with Crippen LogP contribution in [0.3, 0.4) is 0 Å². The van der Waals surface area contributed by atoms with E-state index in [9.17, 15) is 18.4 Å². The van der Waals surface area contributed by atoms with Gasteiger partial charge in [-0.2, -0.15) is 0 Å². The van der Waals surface area contributed by atoms with Gasteiger partial charge in [0.1, 0.15) is 17.4 Å². The zero-order valence-electron chi connectivity index (χ0n) is 15.5. The van der Waals surface area contributed by atoms with Crippen molar-refractivity contribution in [1.82, 2.24) is 4.90 Å². The highest BCUT2D eigenvalue weighted by molar-refractivity contribution is 8.00. The number of Topliss-reactive ketones (excluding diaryl/α,β-unsaturated/α-hetero) is 1. The first-order valence-corrected chi connectivity index (χ1v) is 10.0. The molecule has 0 N–H and O–H groups in total. The molecule has 28 heavy (non-hydrogen) atoms. The van der Waals surface area contributed by atoms with Crippen LogP contribution in [-0.4, -0.2) is 42.5 Å². The second kappa shape index (κ2) is 9.19. The Morgan fingerprint density at radius 2 is 1.79 bits per heavy atom. The fourth-order valence-corrected chi connectivity index (χ4v) is 4.03. The molecule has 1 fully saturated rings. The number of hydrogen-bond donors (Lipinski definition) is 0. The molecule has 0 aliphatic carbocycles. The number of ether oxygens (including phenoxy) is 1. The van der Waals surface area contributed by atoms with Crippen molar-refractivity contribution in [2.45, 2.75) is 17.7 Å². The summed E-state index contributed by atoms with van der Waals surface area (Å²) in [6, 6.07) is 10.4. The van der Waals surface area contributed by atoms with Crippen LogP contribution in [0.5, 0.6) is 5.75 Å². The molecule has 1 aliphatic heterocycles. The van der Waals surface area contributed by atoms with E-state index in [1.165, 1.54) is 12.1 Å². The second-order valence-electron chi connectivity index (χ2n) is 6.61. The van der Waals surface area contributed by atoms with Crippen LogP contribution >= 0.6 is 11.8 Å². The maximum absolute atomic E-state index is 13.7. The molecule has 2 aromatic rings. The highest BCUT2D eigenvalue weighted by Crippen LogP contribution is 2.26. The highest BCUT2D eigenvalue weighted by Gasteiger charge is 2.28. The number of nitrogens with zero attached hydrogens (tertiary/aromatic N) is 1. The first-order chi connectivity index (χ1) is 13.5. The van der Waals surface area contributed by atoms with Crippen molar-refractivity contribution in [2.24, 2.45) is 5.92 Å². The van der Waals surface area contributed by atoms with Gasteiger partial charge in [0.25, 0.3) is 0 Å². The standard InChI is InChI=1S/C21H21F2NO3S/c1-27-17-5-2-14(3-6-17)21(26)15-8-10-24(11-9-15)20(25)13-28-19-7-4-16(22)12-18(19)23/h2-7,12,15H,8-11,13H2,1H3. The van der Waals surface area contributed by atoms with Crippen LogP contribution in [0.15, 0.2) is 47.4 Å². The number of carbonyl (C=O) groups is 2. The normalized spacial score (nSPS) is 14.8. The monoisotopic (exact) mass is 405 g/mol. The zero-order chi connectivity index (χ0) is 20.1. The van der Waals surface area contributed by atoms with Crippen LogP contribution < -0.4 is 4.74 Å². The number of methoxy groups -OCH3 is 1. The smallest absolute Gasteiger partial charge is 0.232 e. The lowest BCUT2D eigenvalue weighted by molar-refractivity contribution is -0.129. The van der Waals surface area contributed by atoms with Gasteiger partial charge in [-0.3, -0.25) is 9.59 Å². The van der Waals surface area contributed by atoms with E-state index in [2.05, 4.69) is 0 Å². The van der Waals surface area contributed by atoms with E-state index < -0.39 is 11.6 Å². The molecule has 0 radical (unpaired) electrons. The first kappa shape index (κ1) is 20.3. The quantitative estimate of drug-likeness (QED) is 0.534. The molecule has 0 bridgehead atoms. The summed E-state index contributed by atoms with van der Waals surface area (Å²) in [4.78, 5) is 27.0. The van der Waals surface area contributed by atoms with Crippen LogP contribution in [0, 0.1) is 17.6 Å². The van der Waals surface area contributed by atoms with Gasteiger partial charge in [0, 0.05) is 35.5 Å². The molecule has 0 saturated carbocycles. The fraction of sp³-hybridized carbons (Fsp3) is 0.333. The van der Waals surface area contributed by atoms with Crippen molar-refractivity contribution in [3.63, 3.8) is 0 Å². The Balaban J connectivity index is 1.49. The molecule has 2 aromatic carbocycles. The SMILES string of the molecule is COc1ccc(C(=O)C2CCN(C(=O)CSc3ccc(F)cc3F)CC2)cc1. The Morgan fingerprint density at radius 1 is 1.11 bits per heavy atom. The number of halogens is 2. The fourth-order valence-electron chi connectivity index (χ4n) is 3.21. The third-order valence-corrected chi connectivity index (χ3v) is 5.87.